The summed E-state index contributed by atoms with van der Waals surface area (Å²) in [6.45, 7) is 2.72. The van der Waals surface area contributed by atoms with Gasteiger partial charge in [0.1, 0.15) is 0 Å². The van der Waals surface area contributed by atoms with Crippen LogP contribution in [0, 0.1) is 0 Å². The van der Waals surface area contributed by atoms with Gasteiger partial charge >= 0.3 is 0 Å². The summed E-state index contributed by atoms with van der Waals surface area (Å²) in [4.78, 5) is 16.8. The molecule has 3 heterocycles. The van der Waals surface area contributed by atoms with Crippen molar-refractivity contribution < 1.29 is 14.3 Å². The van der Waals surface area contributed by atoms with Crippen LogP contribution in [0.15, 0.2) is 41.3 Å². The molecule has 0 N–H and O–H groups in total. The summed E-state index contributed by atoms with van der Waals surface area (Å²) in [5, 5.41) is 4.69. The standard InChI is InChI=1S/C24H25N3O3S/c1-14-17-12-20(30-4)19(29-3)11-15(17)9-10-27(14)24(28)22-18-13-31-21-8-6-5-7-16(21)23(18)26(2)25-22/h5-8,11-12,14H,9-10,13H2,1-4H3. The quantitative estimate of drug-likeness (QED) is 0.608. The molecule has 2 aliphatic rings. The Kier molecular flexibility index (Phi) is 4.93. The van der Waals surface area contributed by atoms with Gasteiger partial charge in [0, 0.05) is 35.4 Å². The minimum atomic E-state index is -0.0720. The maximum Gasteiger partial charge on any atom is 0.275 e. The minimum Gasteiger partial charge on any atom is -0.493 e. The Morgan fingerprint density at radius 2 is 1.90 bits per heavy atom. The number of thioether (sulfide) groups is 1. The molecule has 0 bridgehead atoms. The number of carbonyl (C=O) groups is 1. The van der Waals surface area contributed by atoms with Gasteiger partial charge in [-0.15, -0.1) is 11.8 Å². The third kappa shape index (κ3) is 3.10. The summed E-state index contributed by atoms with van der Waals surface area (Å²) in [5.74, 6) is 2.16. The normalized spacial score (nSPS) is 16.9. The van der Waals surface area contributed by atoms with Gasteiger partial charge in [-0.1, -0.05) is 18.2 Å². The van der Waals surface area contributed by atoms with Gasteiger partial charge in [0.25, 0.3) is 5.91 Å². The predicted molar refractivity (Wildman–Crippen MR) is 121 cm³/mol. The average Bonchev–Trinajstić information content (AvgIpc) is 3.15. The fourth-order valence-corrected chi connectivity index (χ4v) is 5.78. The van der Waals surface area contributed by atoms with Gasteiger partial charge < -0.3 is 14.4 Å². The van der Waals surface area contributed by atoms with E-state index in [1.54, 1.807) is 26.0 Å². The van der Waals surface area contributed by atoms with E-state index in [9.17, 15) is 4.79 Å². The Hall–Kier alpha value is -2.93. The van der Waals surface area contributed by atoms with Crippen LogP contribution < -0.4 is 9.47 Å². The van der Waals surface area contributed by atoms with Gasteiger partial charge in [0.15, 0.2) is 17.2 Å². The molecule has 160 valence electrons. The molecule has 1 amide bonds. The number of carbonyl (C=O) groups excluding carboxylic acids is 1. The molecule has 0 saturated heterocycles. The maximum absolute atomic E-state index is 13.7. The largest absolute Gasteiger partial charge is 0.493 e. The van der Waals surface area contributed by atoms with Gasteiger partial charge in [0.05, 0.1) is 26.0 Å². The fourth-order valence-electron chi connectivity index (χ4n) is 4.71. The summed E-state index contributed by atoms with van der Waals surface area (Å²) in [5.41, 5.74) is 6.09. The highest BCUT2D eigenvalue weighted by Gasteiger charge is 2.34. The van der Waals surface area contributed by atoms with Crippen LogP contribution in [0.4, 0.5) is 0 Å². The molecule has 0 fully saturated rings. The van der Waals surface area contributed by atoms with Crippen LogP contribution in [-0.4, -0.2) is 41.4 Å². The summed E-state index contributed by atoms with van der Waals surface area (Å²) >= 11 is 1.77. The lowest BCUT2D eigenvalue weighted by atomic mass is 9.92. The number of benzene rings is 2. The number of rotatable bonds is 3. The van der Waals surface area contributed by atoms with Crippen molar-refractivity contribution >= 4 is 17.7 Å². The zero-order valence-electron chi connectivity index (χ0n) is 18.1. The molecule has 1 atom stereocenters. The highest BCUT2D eigenvalue weighted by molar-refractivity contribution is 7.98. The molecule has 0 spiro atoms. The van der Waals surface area contributed by atoms with Gasteiger partial charge in [0.2, 0.25) is 0 Å². The van der Waals surface area contributed by atoms with Crippen molar-refractivity contribution in [3.05, 3.63) is 58.8 Å². The van der Waals surface area contributed by atoms with Gasteiger partial charge in [-0.25, -0.2) is 0 Å². The van der Waals surface area contributed by atoms with Crippen LogP contribution in [0.5, 0.6) is 11.5 Å². The van der Waals surface area contributed by atoms with Crippen molar-refractivity contribution in [3.63, 3.8) is 0 Å². The predicted octanol–water partition coefficient (Wildman–Crippen LogP) is 4.47. The first-order chi connectivity index (χ1) is 15.0. The second kappa shape index (κ2) is 7.64. The van der Waals surface area contributed by atoms with Crippen LogP contribution in [0.2, 0.25) is 0 Å². The molecule has 6 nitrogen and oxygen atoms in total. The average molecular weight is 436 g/mol. The van der Waals surface area contributed by atoms with Crippen molar-refractivity contribution in [2.45, 2.75) is 30.0 Å². The van der Waals surface area contributed by atoms with E-state index in [1.165, 1.54) is 10.5 Å². The highest BCUT2D eigenvalue weighted by atomic mass is 32.2. The minimum absolute atomic E-state index is 0.00948. The Labute approximate surface area is 186 Å². The number of hydrogen-bond donors (Lipinski definition) is 0. The molecule has 1 unspecified atom stereocenters. The number of fused-ring (bicyclic) bond motifs is 4. The van der Waals surface area contributed by atoms with Crippen LogP contribution in [0.1, 0.15) is 40.1 Å². The molecule has 0 aliphatic carbocycles. The smallest absolute Gasteiger partial charge is 0.275 e. The fraction of sp³-hybridized carbons (Fsp3) is 0.333. The molecular formula is C24H25N3O3S. The number of nitrogens with zero attached hydrogens (tertiary/aromatic N) is 3. The molecule has 0 saturated carbocycles. The van der Waals surface area contributed by atoms with E-state index < -0.39 is 0 Å². The summed E-state index contributed by atoms with van der Waals surface area (Å²) < 4.78 is 12.8. The number of amides is 1. The van der Waals surface area contributed by atoms with Crippen molar-refractivity contribution in [1.29, 1.82) is 0 Å². The molecule has 1 aromatic heterocycles. The third-order valence-corrected chi connectivity index (χ3v) is 7.41. The summed E-state index contributed by atoms with van der Waals surface area (Å²) in [7, 11) is 5.21. The van der Waals surface area contributed by atoms with E-state index >= 15 is 0 Å². The van der Waals surface area contributed by atoms with Crippen molar-refractivity contribution in [3.8, 4) is 22.8 Å². The second-order valence-corrected chi connectivity index (χ2v) is 8.93. The van der Waals surface area contributed by atoms with Crippen LogP contribution in [0.3, 0.4) is 0 Å². The highest BCUT2D eigenvalue weighted by Crippen LogP contribution is 2.43. The van der Waals surface area contributed by atoms with Crippen LogP contribution >= 0.6 is 11.8 Å². The van der Waals surface area contributed by atoms with Gasteiger partial charge in [-0.05, 0) is 42.7 Å². The SMILES string of the molecule is COc1cc2c(cc1OC)C(C)N(C(=O)c1nn(C)c3c1CSc1ccccc1-3)CC2. The summed E-state index contributed by atoms with van der Waals surface area (Å²) in [6, 6.07) is 12.3. The van der Waals surface area contributed by atoms with E-state index in [-0.39, 0.29) is 11.9 Å². The molecule has 31 heavy (non-hydrogen) atoms. The summed E-state index contributed by atoms with van der Waals surface area (Å²) in [6.07, 6.45) is 0.776. The number of aromatic nitrogens is 2. The maximum atomic E-state index is 13.7. The lowest BCUT2D eigenvalue weighted by Crippen LogP contribution is -2.39. The first-order valence-corrected chi connectivity index (χ1v) is 11.4. The lowest BCUT2D eigenvalue weighted by molar-refractivity contribution is 0.0669. The van der Waals surface area contributed by atoms with Gasteiger partial charge in [-0.2, -0.15) is 5.10 Å². The third-order valence-electron chi connectivity index (χ3n) is 6.31. The van der Waals surface area contributed by atoms with E-state index in [2.05, 4.69) is 30.2 Å². The molecule has 3 aromatic rings. The molecule has 0 radical (unpaired) electrons. The number of methoxy groups -OCH3 is 2. The monoisotopic (exact) mass is 435 g/mol. The Morgan fingerprint density at radius 1 is 1.16 bits per heavy atom. The molecule has 2 aromatic carbocycles. The van der Waals surface area contributed by atoms with Gasteiger partial charge in [-0.3, -0.25) is 9.48 Å². The molecule has 2 aliphatic heterocycles. The van der Waals surface area contributed by atoms with E-state index in [1.807, 2.05) is 34.8 Å². The Morgan fingerprint density at radius 3 is 2.68 bits per heavy atom. The van der Waals surface area contributed by atoms with Crippen molar-refractivity contribution in [1.82, 2.24) is 14.7 Å². The lowest BCUT2D eigenvalue weighted by Gasteiger charge is -2.35. The van der Waals surface area contributed by atoms with Crippen LogP contribution in [-0.2, 0) is 19.2 Å². The van der Waals surface area contributed by atoms with Crippen LogP contribution in [0.25, 0.3) is 11.3 Å². The Balaban J connectivity index is 1.52. The van der Waals surface area contributed by atoms with E-state index in [4.69, 9.17) is 9.47 Å². The first kappa shape index (κ1) is 20.0. The number of aryl methyl sites for hydroxylation is 1. The number of hydrogen-bond acceptors (Lipinski definition) is 5. The molecule has 7 heteroatoms. The topological polar surface area (TPSA) is 56.6 Å². The second-order valence-electron chi connectivity index (χ2n) is 7.91. The molecule has 5 rings (SSSR count). The zero-order chi connectivity index (χ0) is 21.7. The Bertz CT molecular complexity index is 1190. The van der Waals surface area contributed by atoms with Crippen molar-refractivity contribution in [2.75, 3.05) is 20.8 Å². The first-order valence-electron chi connectivity index (χ1n) is 10.4. The van der Waals surface area contributed by atoms with E-state index in [0.717, 1.165) is 40.3 Å². The van der Waals surface area contributed by atoms with E-state index in [0.29, 0.717) is 18.0 Å². The van der Waals surface area contributed by atoms with Crippen molar-refractivity contribution in [2.24, 2.45) is 7.05 Å². The number of ether oxygens (including phenoxy) is 2. The molecular weight excluding hydrogens is 410 g/mol. The zero-order valence-corrected chi connectivity index (χ0v) is 19.0.